The standard InChI is InChI=1S/C17H14F2O/c18-16-6-3-7-17(19)15(16)10-13(20)9-12-8-11-4-1-2-5-14(11)12/h1-7,12H,8-10H2. The van der Waals surface area contributed by atoms with E-state index in [1.165, 1.54) is 29.3 Å². The molecule has 1 aliphatic carbocycles. The second kappa shape index (κ2) is 5.16. The number of halogens is 2. The van der Waals surface area contributed by atoms with Crippen molar-refractivity contribution in [3.8, 4) is 0 Å². The number of carbonyl (C=O) groups excluding carboxylic acids is 1. The summed E-state index contributed by atoms with van der Waals surface area (Å²) in [6.07, 6.45) is 1.06. The van der Waals surface area contributed by atoms with Gasteiger partial charge in [-0.25, -0.2) is 8.78 Å². The molecule has 0 spiro atoms. The summed E-state index contributed by atoms with van der Waals surface area (Å²) in [4.78, 5) is 12.0. The van der Waals surface area contributed by atoms with Crippen LogP contribution in [0.2, 0.25) is 0 Å². The zero-order valence-corrected chi connectivity index (χ0v) is 10.9. The highest BCUT2D eigenvalue weighted by Gasteiger charge is 2.27. The predicted octanol–water partition coefficient (Wildman–Crippen LogP) is 3.81. The molecule has 2 aromatic rings. The Morgan fingerprint density at radius 3 is 2.45 bits per heavy atom. The maximum atomic E-state index is 13.5. The molecule has 2 aromatic carbocycles. The molecule has 0 bridgehead atoms. The lowest BCUT2D eigenvalue weighted by atomic mass is 9.75. The van der Waals surface area contributed by atoms with E-state index in [1.807, 2.05) is 24.3 Å². The molecule has 3 rings (SSSR count). The molecule has 3 heteroatoms. The third kappa shape index (κ3) is 2.36. The van der Waals surface area contributed by atoms with Gasteiger partial charge < -0.3 is 0 Å². The molecule has 0 N–H and O–H groups in total. The molecular formula is C17H14F2O. The number of carbonyl (C=O) groups is 1. The van der Waals surface area contributed by atoms with E-state index < -0.39 is 11.6 Å². The maximum absolute atomic E-state index is 13.5. The number of hydrogen-bond donors (Lipinski definition) is 0. The summed E-state index contributed by atoms with van der Waals surface area (Å²) in [5.74, 6) is -1.21. The van der Waals surface area contributed by atoms with Gasteiger partial charge in [-0.15, -0.1) is 0 Å². The summed E-state index contributed by atoms with van der Waals surface area (Å²) in [7, 11) is 0. The third-order valence-electron chi connectivity index (χ3n) is 3.87. The minimum Gasteiger partial charge on any atom is -0.299 e. The number of hydrogen-bond acceptors (Lipinski definition) is 1. The number of fused-ring (bicyclic) bond motifs is 1. The summed E-state index contributed by atoms with van der Waals surface area (Å²) < 4.78 is 27.0. The van der Waals surface area contributed by atoms with Crippen molar-refractivity contribution in [3.05, 3.63) is 70.8 Å². The average molecular weight is 272 g/mol. The fourth-order valence-corrected chi connectivity index (χ4v) is 2.79. The molecule has 0 heterocycles. The number of benzene rings is 2. The van der Waals surface area contributed by atoms with E-state index in [2.05, 4.69) is 0 Å². The van der Waals surface area contributed by atoms with Gasteiger partial charge in [-0.1, -0.05) is 30.3 Å². The molecule has 0 saturated carbocycles. The Balaban J connectivity index is 1.67. The van der Waals surface area contributed by atoms with E-state index in [1.54, 1.807) is 0 Å². The van der Waals surface area contributed by atoms with E-state index in [0.29, 0.717) is 6.42 Å². The van der Waals surface area contributed by atoms with E-state index in [9.17, 15) is 13.6 Å². The van der Waals surface area contributed by atoms with Crippen molar-refractivity contribution < 1.29 is 13.6 Å². The zero-order chi connectivity index (χ0) is 14.1. The molecule has 0 amide bonds. The van der Waals surface area contributed by atoms with Crippen LogP contribution in [0, 0.1) is 11.6 Å². The minimum absolute atomic E-state index is 0.117. The zero-order valence-electron chi connectivity index (χ0n) is 10.9. The molecule has 0 saturated heterocycles. The first-order valence-electron chi connectivity index (χ1n) is 6.67. The first-order chi connectivity index (χ1) is 9.65. The molecule has 1 nitrogen and oxygen atoms in total. The van der Waals surface area contributed by atoms with Crippen LogP contribution < -0.4 is 0 Å². The molecule has 102 valence electrons. The second-order valence-corrected chi connectivity index (χ2v) is 5.22. The normalized spacial score (nSPS) is 16.4. The first-order valence-corrected chi connectivity index (χ1v) is 6.67. The van der Waals surface area contributed by atoms with Crippen molar-refractivity contribution in [2.75, 3.05) is 0 Å². The molecule has 1 atom stereocenters. The van der Waals surface area contributed by atoms with E-state index >= 15 is 0 Å². The molecule has 1 unspecified atom stereocenters. The third-order valence-corrected chi connectivity index (χ3v) is 3.87. The summed E-state index contributed by atoms with van der Waals surface area (Å²) in [5, 5.41) is 0. The second-order valence-electron chi connectivity index (χ2n) is 5.22. The average Bonchev–Trinajstić information content (AvgIpc) is 2.40. The molecular weight excluding hydrogens is 258 g/mol. The van der Waals surface area contributed by atoms with Crippen molar-refractivity contribution in [1.29, 1.82) is 0 Å². The van der Waals surface area contributed by atoms with Gasteiger partial charge in [0.1, 0.15) is 17.4 Å². The monoisotopic (exact) mass is 272 g/mol. The van der Waals surface area contributed by atoms with Gasteiger partial charge in [0.05, 0.1) is 0 Å². The summed E-state index contributed by atoms with van der Waals surface area (Å²) >= 11 is 0. The van der Waals surface area contributed by atoms with Crippen LogP contribution in [0.5, 0.6) is 0 Å². The van der Waals surface area contributed by atoms with Crippen LogP contribution in [0.3, 0.4) is 0 Å². The Morgan fingerprint density at radius 2 is 1.75 bits per heavy atom. The molecule has 0 aromatic heterocycles. The van der Waals surface area contributed by atoms with Crippen molar-refractivity contribution >= 4 is 5.78 Å². The van der Waals surface area contributed by atoms with Gasteiger partial charge in [0, 0.05) is 18.4 Å². The van der Waals surface area contributed by atoms with Crippen molar-refractivity contribution in [1.82, 2.24) is 0 Å². The van der Waals surface area contributed by atoms with Crippen molar-refractivity contribution in [2.45, 2.75) is 25.2 Å². The Bertz CT molecular complexity index is 644. The Hall–Kier alpha value is -2.03. The molecule has 1 aliphatic rings. The summed E-state index contributed by atoms with van der Waals surface area (Å²) in [5.41, 5.74) is 2.34. The summed E-state index contributed by atoms with van der Waals surface area (Å²) in [6.45, 7) is 0. The van der Waals surface area contributed by atoms with Crippen LogP contribution in [0.25, 0.3) is 0 Å². The van der Waals surface area contributed by atoms with Gasteiger partial charge >= 0.3 is 0 Å². The van der Waals surface area contributed by atoms with Crippen molar-refractivity contribution in [3.63, 3.8) is 0 Å². The van der Waals surface area contributed by atoms with Gasteiger partial charge in [-0.3, -0.25) is 4.79 Å². The highest BCUT2D eigenvalue weighted by atomic mass is 19.1. The number of rotatable bonds is 4. The number of Topliss-reactive ketones (excluding diaryl/α,β-unsaturated/α-hetero) is 1. The van der Waals surface area contributed by atoms with Crippen LogP contribution in [0.4, 0.5) is 8.78 Å². The highest BCUT2D eigenvalue weighted by molar-refractivity contribution is 5.82. The number of ketones is 1. The smallest absolute Gasteiger partial charge is 0.138 e. The fraction of sp³-hybridized carbons (Fsp3) is 0.235. The quantitative estimate of drug-likeness (QED) is 0.827. The SMILES string of the molecule is O=C(Cc1c(F)cccc1F)CC1Cc2ccccc21. The maximum Gasteiger partial charge on any atom is 0.138 e. The van der Waals surface area contributed by atoms with E-state index in [0.717, 1.165) is 6.42 Å². The van der Waals surface area contributed by atoms with Crippen LogP contribution in [-0.2, 0) is 17.6 Å². The van der Waals surface area contributed by atoms with Crippen LogP contribution in [0.15, 0.2) is 42.5 Å². The van der Waals surface area contributed by atoms with E-state index in [-0.39, 0.29) is 23.7 Å². The molecule has 20 heavy (non-hydrogen) atoms. The summed E-state index contributed by atoms with van der Waals surface area (Å²) in [6, 6.07) is 11.7. The first kappa shape index (κ1) is 13.0. The molecule has 0 radical (unpaired) electrons. The minimum atomic E-state index is -0.646. The lowest BCUT2D eigenvalue weighted by molar-refractivity contribution is -0.119. The highest BCUT2D eigenvalue weighted by Crippen LogP contribution is 2.37. The van der Waals surface area contributed by atoms with Crippen LogP contribution in [0.1, 0.15) is 29.0 Å². The van der Waals surface area contributed by atoms with Gasteiger partial charge in [0.15, 0.2) is 0 Å². The largest absolute Gasteiger partial charge is 0.299 e. The van der Waals surface area contributed by atoms with Gasteiger partial charge in [-0.2, -0.15) is 0 Å². The Labute approximate surface area is 116 Å². The topological polar surface area (TPSA) is 17.1 Å². The molecule has 0 fully saturated rings. The van der Waals surface area contributed by atoms with Gasteiger partial charge in [-0.05, 0) is 35.6 Å². The molecule has 0 aliphatic heterocycles. The lowest BCUT2D eigenvalue weighted by Crippen LogP contribution is -2.21. The van der Waals surface area contributed by atoms with Crippen LogP contribution >= 0.6 is 0 Å². The Kier molecular flexibility index (Phi) is 3.35. The van der Waals surface area contributed by atoms with Gasteiger partial charge in [0.2, 0.25) is 0 Å². The fourth-order valence-electron chi connectivity index (χ4n) is 2.79. The van der Waals surface area contributed by atoms with Gasteiger partial charge in [0.25, 0.3) is 0 Å². The van der Waals surface area contributed by atoms with Crippen LogP contribution in [-0.4, -0.2) is 5.78 Å². The predicted molar refractivity (Wildman–Crippen MR) is 72.6 cm³/mol. The van der Waals surface area contributed by atoms with Crippen molar-refractivity contribution in [2.24, 2.45) is 0 Å². The van der Waals surface area contributed by atoms with E-state index in [4.69, 9.17) is 0 Å². The lowest BCUT2D eigenvalue weighted by Gasteiger charge is -2.29. The Morgan fingerprint density at radius 1 is 1.05 bits per heavy atom.